The van der Waals surface area contributed by atoms with Crippen molar-refractivity contribution in [2.45, 2.75) is 78.3 Å². The minimum atomic E-state index is -2.09. The van der Waals surface area contributed by atoms with Gasteiger partial charge in [-0.15, -0.1) is 0 Å². The van der Waals surface area contributed by atoms with E-state index in [1.165, 1.54) is 24.0 Å². The summed E-state index contributed by atoms with van der Waals surface area (Å²) in [6.45, 7) is 10.5. The third kappa shape index (κ3) is 9.21. The summed E-state index contributed by atoms with van der Waals surface area (Å²) in [5.41, 5.74) is 4.96. The van der Waals surface area contributed by atoms with E-state index in [1.807, 2.05) is 32.1 Å². The Morgan fingerprint density at radius 1 is 1.09 bits per heavy atom. The average molecular weight is 463 g/mol. The number of carbonyl (C=O) groups excluding carboxylic acids is 2. The zero-order valence-corrected chi connectivity index (χ0v) is 20.2. The highest BCUT2D eigenvalue weighted by Gasteiger charge is 2.35. The van der Waals surface area contributed by atoms with E-state index in [9.17, 15) is 24.9 Å². The smallest absolute Gasteiger partial charge is 0.338 e. The van der Waals surface area contributed by atoms with Gasteiger partial charge in [0.1, 0.15) is 24.9 Å². The Hall–Kier alpha value is -2.32. The Kier molecular flexibility index (Phi) is 11.7. The SMILES string of the molecule is CC(C=CC1=C(C)CCCC1(C)C)=CC=CC(C)=CCOC(=O)[C@@H](O)[C@@H](O)[C@H](O)[C@@H](O)C=O. The number of rotatable bonds is 11. The number of hydrogen-bond donors (Lipinski definition) is 4. The van der Waals surface area contributed by atoms with Gasteiger partial charge in [0.25, 0.3) is 0 Å². The van der Waals surface area contributed by atoms with Crippen LogP contribution < -0.4 is 0 Å². The van der Waals surface area contributed by atoms with Gasteiger partial charge in [-0.1, -0.05) is 60.9 Å². The number of carbonyl (C=O) groups is 2. The molecule has 0 bridgehead atoms. The van der Waals surface area contributed by atoms with Gasteiger partial charge in [0.15, 0.2) is 12.4 Å². The number of aldehydes is 1. The molecular weight excluding hydrogens is 424 g/mol. The minimum Gasteiger partial charge on any atom is -0.459 e. The van der Waals surface area contributed by atoms with Gasteiger partial charge in [0.2, 0.25) is 0 Å². The lowest BCUT2D eigenvalue weighted by molar-refractivity contribution is -0.168. The molecule has 0 unspecified atom stereocenters. The maximum atomic E-state index is 11.8. The second kappa shape index (κ2) is 13.4. The van der Waals surface area contributed by atoms with Crippen molar-refractivity contribution in [2.24, 2.45) is 5.41 Å². The van der Waals surface area contributed by atoms with Crippen molar-refractivity contribution in [1.82, 2.24) is 0 Å². The van der Waals surface area contributed by atoms with Crippen LogP contribution >= 0.6 is 0 Å². The molecule has 1 rings (SSSR count). The first-order valence-electron chi connectivity index (χ1n) is 11.1. The molecule has 0 saturated heterocycles. The summed E-state index contributed by atoms with van der Waals surface area (Å²) in [5, 5.41) is 38.0. The largest absolute Gasteiger partial charge is 0.459 e. The molecule has 7 nitrogen and oxygen atoms in total. The van der Waals surface area contributed by atoms with Crippen molar-refractivity contribution < 1.29 is 34.8 Å². The maximum Gasteiger partial charge on any atom is 0.338 e. The minimum absolute atomic E-state index is 0.00851. The van der Waals surface area contributed by atoms with Crippen molar-refractivity contribution in [2.75, 3.05) is 6.61 Å². The number of allylic oxidation sites excluding steroid dienone is 9. The Morgan fingerprint density at radius 2 is 1.76 bits per heavy atom. The first-order chi connectivity index (χ1) is 15.4. The van der Waals surface area contributed by atoms with Crippen LogP contribution in [0, 0.1) is 5.41 Å². The van der Waals surface area contributed by atoms with E-state index < -0.39 is 30.4 Å². The lowest BCUT2D eigenvalue weighted by Crippen LogP contribution is -2.48. The molecule has 4 atom stereocenters. The van der Waals surface area contributed by atoms with Crippen molar-refractivity contribution in [3.8, 4) is 0 Å². The highest BCUT2D eigenvalue weighted by Crippen LogP contribution is 2.40. The van der Waals surface area contributed by atoms with Crippen LogP contribution in [-0.4, -0.2) is 63.7 Å². The van der Waals surface area contributed by atoms with E-state index in [2.05, 4.69) is 32.9 Å². The van der Waals surface area contributed by atoms with E-state index in [0.29, 0.717) is 0 Å². The molecule has 184 valence electrons. The number of ether oxygens (including phenoxy) is 1. The van der Waals surface area contributed by atoms with Crippen LogP contribution in [0.2, 0.25) is 0 Å². The van der Waals surface area contributed by atoms with Crippen LogP contribution in [0.4, 0.5) is 0 Å². The number of hydrogen-bond acceptors (Lipinski definition) is 7. The third-order valence-corrected chi connectivity index (χ3v) is 5.81. The van der Waals surface area contributed by atoms with Gasteiger partial charge in [0.05, 0.1) is 0 Å². The molecule has 4 N–H and O–H groups in total. The van der Waals surface area contributed by atoms with Gasteiger partial charge >= 0.3 is 5.97 Å². The molecule has 0 aromatic carbocycles. The van der Waals surface area contributed by atoms with Crippen LogP contribution in [0.25, 0.3) is 0 Å². The number of aliphatic hydroxyl groups excluding tert-OH is 4. The fraction of sp³-hybridized carbons (Fsp3) is 0.538. The molecule has 0 spiro atoms. The molecule has 0 fully saturated rings. The monoisotopic (exact) mass is 462 g/mol. The first-order valence-corrected chi connectivity index (χ1v) is 11.1. The Bertz CT molecular complexity index is 830. The standard InChI is InChI=1S/C26H38O7/c1-17(11-12-20-19(3)10-7-14-26(20,4)5)8-6-9-18(2)13-15-33-25(32)24(31)23(30)22(29)21(28)16-27/h6,8-9,11-13,16,21-24,28-31H,7,10,14-15H2,1-5H3/t21-,22+,23-,24-/m0/s1. The summed E-state index contributed by atoms with van der Waals surface area (Å²) < 4.78 is 4.85. The Labute approximate surface area is 196 Å². The molecule has 1 aliphatic rings. The molecule has 1 aliphatic carbocycles. The van der Waals surface area contributed by atoms with E-state index in [4.69, 9.17) is 9.84 Å². The summed E-state index contributed by atoms with van der Waals surface area (Å²) in [5.74, 6) is -1.18. The Balaban J connectivity index is 2.60. The summed E-state index contributed by atoms with van der Waals surface area (Å²) in [6, 6.07) is 0. The lowest BCUT2D eigenvalue weighted by atomic mass is 9.72. The zero-order valence-electron chi connectivity index (χ0n) is 20.2. The second-order valence-electron chi connectivity index (χ2n) is 9.17. The molecule has 0 amide bonds. The number of aliphatic hydroxyl groups is 4. The average Bonchev–Trinajstić information content (AvgIpc) is 2.76. The molecule has 0 aromatic rings. The van der Waals surface area contributed by atoms with Gasteiger partial charge in [-0.25, -0.2) is 4.79 Å². The van der Waals surface area contributed by atoms with E-state index in [1.54, 1.807) is 6.08 Å². The molecule has 33 heavy (non-hydrogen) atoms. The fourth-order valence-corrected chi connectivity index (χ4v) is 3.65. The van der Waals surface area contributed by atoms with Crippen LogP contribution in [0.15, 0.2) is 58.7 Å². The molecule has 7 heteroatoms. The zero-order chi connectivity index (χ0) is 25.2. The van der Waals surface area contributed by atoms with Crippen molar-refractivity contribution >= 4 is 12.3 Å². The predicted molar refractivity (Wildman–Crippen MR) is 127 cm³/mol. The molecule has 0 aromatic heterocycles. The van der Waals surface area contributed by atoms with Gasteiger partial charge in [-0.3, -0.25) is 0 Å². The molecular formula is C26H38O7. The van der Waals surface area contributed by atoms with Gasteiger partial charge in [0, 0.05) is 0 Å². The van der Waals surface area contributed by atoms with E-state index >= 15 is 0 Å². The molecule has 0 saturated carbocycles. The molecule has 0 heterocycles. The highest BCUT2D eigenvalue weighted by molar-refractivity contribution is 5.75. The predicted octanol–water partition coefficient (Wildman–Crippen LogP) is 2.70. The summed E-state index contributed by atoms with van der Waals surface area (Å²) in [4.78, 5) is 22.2. The Morgan fingerprint density at radius 3 is 2.36 bits per heavy atom. The van der Waals surface area contributed by atoms with Crippen molar-refractivity contribution in [3.63, 3.8) is 0 Å². The highest BCUT2D eigenvalue weighted by atomic mass is 16.5. The number of esters is 1. The van der Waals surface area contributed by atoms with E-state index in [0.717, 1.165) is 17.6 Å². The van der Waals surface area contributed by atoms with Crippen LogP contribution in [0.3, 0.4) is 0 Å². The summed E-state index contributed by atoms with van der Waals surface area (Å²) in [6.07, 6.45) is 7.14. The third-order valence-electron chi connectivity index (χ3n) is 5.81. The van der Waals surface area contributed by atoms with E-state index in [-0.39, 0.29) is 18.3 Å². The summed E-state index contributed by atoms with van der Waals surface area (Å²) in [7, 11) is 0. The summed E-state index contributed by atoms with van der Waals surface area (Å²) >= 11 is 0. The van der Waals surface area contributed by atoms with Crippen molar-refractivity contribution in [3.05, 3.63) is 58.7 Å². The lowest BCUT2D eigenvalue weighted by Gasteiger charge is -2.32. The van der Waals surface area contributed by atoms with Gasteiger partial charge in [-0.05, 0) is 57.1 Å². The first kappa shape index (κ1) is 28.7. The molecule has 0 radical (unpaired) electrons. The fourth-order valence-electron chi connectivity index (χ4n) is 3.65. The topological polar surface area (TPSA) is 124 Å². The van der Waals surface area contributed by atoms with Gasteiger partial charge < -0.3 is 30.0 Å². The van der Waals surface area contributed by atoms with Crippen molar-refractivity contribution in [1.29, 1.82) is 0 Å². The van der Waals surface area contributed by atoms with Crippen LogP contribution in [0.5, 0.6) is 0 Å². The maximum absolute atomic E-state index is 11.8. The normalized spacial score (nSPS) is 21.2. The quantitative estimate of drug-likeness (QED) is 0.211. The van der Waals surface area contributed by atoms with Crippen LogP contribution in [-0.2, 0) is 14.3 Å². The van der Waals surface area contributed by atoms with Crippen LogP contribution in [0.1, 0.15) is 53.9 Å². The second-order valence-corrected chi connectivity index (χ2v) is 9.17. The molecule has 0 aliphatic heterocycles. The van der Waals surface area contributed by atoms with Gasteiger partial charge in [-0.2, -0.15) is 0 Å².